The first kappa shape index (κ1) is 158. The number of phosphoric acid groups is 6. The van der Waals surface area contributed by atoms with Crippen molar-refractivity contribution in [1.29, 1.82) is 0 Å². The summed E-state index contributed by atoms with van der Waals surface area (Å²) in [7, 11) is -32.3. The van der Waals surface area contributed by atoms with E-state index < -0.39 is 46.9 Å². The third kappa shape index (κ3) is 753. The standard InChI is InChI=1S/18Na.6H3O4P/c;;;;;;;;;;;;;;;;;;6*1-5(2,3)4/h;;;;;;;;;;;;;;;;;;6*(H3,1,2,3,4)/q18*+1;;;;;;/p-18. The van der Waals surface area contributed by atoms with Crippen LogP contribution >= 0.6 is 46.9 Å². The molecule has 0 heterocycles. The molecule has 192 valence electrons. The van der Waals surface area contributed by atoms with E-state index in [-0.39, 0.29) is 532 Å². The van der Waals surface area contributed by atoms with Crippen LogP contribution in [0, 0.1) is 0 Å². The molecule has 0 fully saturated rings. The average Bonchev–Trinajstić information content (AvgIpc) is 1.94. The Hall–Kier alpha value is 18.7. The van der Waals surface area contributed by atoms with Crippen LogP contribution in [0.5, 0.6) is 0 Å². The second-order valence-electron chi connectivity index (χ2n) is 2.68. The second-order valence-corrected chi connectivity index (χ2v) is 8.05. The zero-order chi connectivity index (χ0) is 27.0. The van der Waals surface area contributed by atoms with Gasteiger partial charge >= 0.3 is 532 Å². The van der Waals surface area contributed by atoms with Crippen LogP contribution in [0.1, 0.15) is 0 Å². The molecule has 0 saturated heterocycles. The summed E-state index contributed by atoms with van der Waals surface area (Å²) in [5, 5.41) is 0. The van der Waals surface area contributed by atoms with Gasteiger partial charge in [-0.05, 0) is 0 Å². The van der Waals surface area contributed by atoms with Crippen LogP contribution < -0.4 is 620 Å². The van der Waals surface area contributed by atoms with Gasteiger partial charge < -0.3 is 115 Å². The molecule has 0 rings (SSSR count). The summed E-state index contributed by atoms with van der Waals surface area (Å²) < 4.78 is 51.3. The molecule has 48 heteroatoms. The molecule has 0 saturated carbocycles. The van der Waals surface area contributed by atoms with Crippen molar-refractivity contribution in [3.05, 3.63) is 0 Å². The fourth-order valence-corrected chi connectivity index (χ4v) is 0. The van der Waals surface area contributed by atoms with Crippen LogP contribution in [-0.4, -0.2) is 0 Å². The van der Waals surface area contributed by atoms with Crippen molar-refractivity contribution >= 4 is 46.9 Å². The summed E-state index contributed by atoms with van der Waals surface area (Å²) in [6.07, 6.45) is 0. The topological polar surface area (TPSA) is 518 Å². The molecule has 0 N–H and O–H groups in total. The van der Waals surface area contributed by atoms with Crippen LogP contribution in [0.15, 0.2) is 0 Å². The SMILES string of the molecule is O=P([O-])([O-])[O-].O=P([O-])([O-])[O-].O=P([O-])([O-])[O-].O=P([O-])([O-])[O-].O=P([O-])([O-])[O-].O=P([O-])([O-])[O-].[Na+].[Na+].[Na+].[Na+].[Na+].[Na+].[Na+].[Na+].[Na+].[Na+].[Na+].[Na+].[Na+].[Na+].[Na+].[Na+].[Na+].[Na+]. The second kappa shape index (κ2) is 91.9. The van der Waals surface area contributed by atoms with E-state index in [1.807, 2.05) is 0 Å². The maximum Gasteiger partial charge on any atom is 1.00 e. The van der Waals surface area contributed by atoms with E-state index in [0.29, 0.717) is 0 Å². The van der Waals surface area contributed by atoms with Crippen molar-refractivity contribution in [2.24, 2.45) is 0 Å². The number of hydrogen-bond acceptors (Lipinski definition) is 24. The largest absolute Gasteiger partial charge is 1.00 e. The molecule has 0 radical (unpaired) electrons. The van der Waals surface area contributed by atoms with Crippen LogP contribution in [-0.2, 0) is 27.4 Å². The zero-order valence-electron chi connectivity index (χ0n) is 30.5. The molecule has 0 aromatic heterocycles. The molecular formula is Na18O24P6. The van der Waals surface area contributed by atoms with Gasteiger partial charge in [0, 0.05) is 0 Å². The smallest absolute Gasteiger partial charge is 0.822 e. The van der Waals surface area contributed by atoms with E-state index >= 15 is 0 Å². The minimum absolute atomic E-state index is 0. The Labute approximate surface area is 674 Å². The van der Waals surface area contributed by atoms with Gasteiger partial charge in [-0.25, -0.2) is 0 Å². The summed E-state index contributed by atoms with van der Waals surface area (Å²) in [4.78, 5) is 154. The minimum Gasteiger partial charge on any atom is -0.822 e. The molecule has 0 aliphatic carbocycles. The molecule has 0 atom stereocenters. The first-order valence-electron chi connectivity index (χ1n) is 4.38. The van der Waals surface area contributed by atoms with E-state index in [9.17, 15) is 0 Å². The number of rotatable bonds is 0. The molecule has 48 heavy (non-hydrogen) atoms. The van der Waals surface area contributed by atoms with Gasteiger partial charge in [0.05, 0.1) is 0 Å². The Bertz CT molecular complexity index is 500. The molecule has 0 amide bonds. The predicted molar refractivity (Wildman–Crippen MR) is 45.6 cm³/mol. The van der Waals surface area contributed by atoms with Crippen molar-refractivity contribution < 1.29 is 648 Å². The minimum atomic E-state index is -5.39. The van der Waals surface area contributed by atoms with Gasteiger partial charge in [0.2, 0.25) is 0 Å². The monoisotopic (exact) mass is 984 g/mol. The van der Waals surface area contributed by atoms with Crippen molar-refractivity contribution in [2.45, 2.75) is 0 Å². The van der Waals surface area contributed by atoms with Gasteiger partial charge in [-0.2, -0.15) is 46.9 Å². The Morgan fingerprint density at radius 2 is 0.146 bits per heavy atom. The van der Waals surface area contributed by atoms with E-state index in [1.54, 1.807) is 0 Å². The summed E-state index contributed by atoms with van der Waals surface area (Å²) in [6, 6.07) is 0. The average molecular weight is 984 g/mol. The summed E-state index contributed by atoms with van der Waals surface area (Å²) >= 11 is 0. The summed E-state index contributed by atoms with van der Waals surface area (Å²) in [5.74, 6) is 0. The first-order chi connectivity index (χ1) is 12.0. The fourth-order valence-electron chi connectivity index (χ4n) is 0. The molecule has 0 unspecified atom stereocenters. The van der Waals surface area contributed by atoms with Crippen LogP contribution in [0.4, 0.5) is 0 Å². The molecule has 0 aromatic rings. The third-order valence-electron chi connectivity index (χ3n) is 0. The van der Waals surface area contributed by atoms with Gasteiger partial charge in [-0.1, -0.05) is 0 Å². The van der Waals surface area contributed by atoms with Crippen molar-refractivity contribution in [3.63, 3.8) is 0 Å². The predicted octanol–water partition coefficient (Wildman–Crippen LogP) is -70.9. The van der Waals surface area contributed by atoms with Gasteiger partial charge in [0.1, 0.15) is 0 Å². The summed E-state index contributed by atoms with van der Waals surface area (Å²) in [5.41, 5.74) is 0. The molecule has 0 bridgehead atoms. The van der Waals surface area contributed by atoms with Crippen molar-refractivity contribution in [3.8, 4) is 0 Å². The van der Waals surface area contributed by atoms with E-state index in [4.69, 9.17) is 115 Å². The van der Waals surface area contributed by atoms with Crippen molar-refractivity contribution in [1.82, 2.24) is 0 Å². The summed E-state index contributed by atoms with van der Waals surface area (Å²) in [6.45, 7) is 0. The Balaban J connectivity index is -0.00000000609. The normalized spacial score (nSPS) is 7.38. The molecular weight excluding hydrogens is 984 g/mol. The molecule has 24 nitrogen and oxygen atoms in total. The quantitative estimate of drug-likeness (QED) is 0.161. The first-order valence-corrected chi connectivity index (χ1v) is 13.1. The van der Waals surface area contributed by atoms with Gasteiger partial charge in [-0.3, -0.25) is 0 Å². The van der Waals surface area contributed by atoms with E-state index in [1.165, 1.54) is 0 Å². The molecule has 0 spiro atoms. The number of hydrogen-bond donors (Lipinski definition) is 0. The van der Waals surface area contributed by atoms with Crippen LogP contribution in [0.2, 0.25) is 0 Å². The van der Waals surface area contributed by atoms with Gasteiger partial charge in [-0.15, -0.1) is 0 Å². The van der Waals surface area contributed by atoms with E-state index in [2.05, 4.69) is 0 Å². The van der Waals surface area contributed by atoms with Crippen LogP contribution in [0.25, 0.3) is 0 Å². The van der Waals surface area contributed by atoms with Gasteiger partial charge in [0.15, 0.2) is 0 Å². The maximum atomic E-state index is 8.55. The Kier molecular flexibility index (Phi) is 302. The van der Waals surface area contributed by atoms with Gasteiger partial charge in [0.25, 0.3) is 0 Å². The molecule has 0 aromatic carbocycles. The fraction of sp³-hybridized carbons (Fsp3) is 0. The molecule has 0 aliphatic rings. The van der Waals surface area contributed by atoms with E-state index in [0.717, 1.165) is 0 Å². The zero-order valence-corrected chi connectivity index (χ0v) is 71.8. The third-order valence-corrected chi connectivity index (χ3v) is 0. The maximum absolute atomic E-state index is 8.55. The Morgan fingerprint density at radius 3 is 0.146 bits per heavy atom. The Morgan fingerprint density at radius 1 is 0.146 bits per heavy atom. The van der Waals surface area contributed by atoms with Crippen LogP contribution in [0.3, 0.4) is 0 Å². The van der Waals surface area contributed by atoms with Crippen molar-refractivity contribution in [2.75, 3.05) is 0 Å². The molecule has 0 aliphatic heterocycles.